The van der Waals surface area contributed by atoms with Crippen LogP contribution in [-0.4, -0.2) is 33.1 Å². The van der Waals surface area contributed by atoms with Gasteiger partial charge in [-0.15, -0.1) is 0 Å². The van der Waals surface area contributed by atoms with Gasteiger partial charge < -0.3 is 4.90 Å². The number of nitrogens with zero attached hydrogens (tertiary/aromatic N) is 1. The Hall–Kier alpha value is -0.900. The molecule has 0 saturated carbocycles. The fourth-order valence-electron chi connectivity index (χ4n) is 2.29. The van der Waals surface area contributed by atoms with Crippen LogP contribution in [0, 0.1) is 0 Å². The van der Waals surface area contributed by atoms with Crippen LogP contribution in [0.3, 0.4) is 0 Å². The number of allylic oxidation sites excluding steroid dienone is 2. The smallest absolute Gasteiger partial charge is 0.239 e. The second-order valence-corrected chi connectivity index (χ2v) is 7.27. The first kappa shape index (κ1) is 17.2. The Morgan fingerprint density at radius 2 is 2.15 bits per heavy atom. The molecule has 1 rings (SSSR count). The van der Waals surface area contributed by atoms with E-state index in [4.69, 9.17) is 0 Å². The van der Waals surface area contributed by atoms with E-state index in [2.05, 4.69) is 6.08 Å². The molecular weight excluding hydrogens is 270 g/mol. The molecule has 0 saturated heterocycles. The van der Waals surface area contributed by atoms with Crippen LogP contribution in [0.4, 0.5) is 0 Å². The third kappa shape index (κ3) is 6.51. The van der Waals surface area contributed by atoms with Crippen LogP contribution in [0.25, 0.3) is 0 Å². The number of rotatable bonds is 7. The Bertz CT molecular complexity index is 409. The number of carbonyl (C=O) groups excluding carboxylic acids is 1. The minimum Gasteiger partial charge on any atom is -0.318 e. The molecule has 0 fully saturated rings. The normalized spacial score (nSPS) is 16.2. The van der Waals surface area contributed by atoms with Gasteiger partial charge in [0.25, 0.3) is 0 Å². The number of carbonyl (C=O) groups is 1. The van der Waals surface area contributed by atoms with Gasteiger partial charge in [0.2, 0.25) is 5.91 Å². The van der Waals surface area contributed by atoms with Crippen LogP contribution in [0.2, 0.25) is 0 Å². The summed E-state index contributed by atoms with van der Waals surface area (Å²) < 4.78 is 11.5. The molecule has 0 aromatic carbocycles. The SMILES string of the molecule is CCS(=O)CC(=O)N(C=C(C)C)CCC1=CCCCC1. The molecule has 1 unspecified atom stereocenters. The van der Waals surface area contributed by atoms with Crippen molar-refractivity contribution in [3.8, 4) is 0 Å². The van der Waals surface area contributed by atoms with E-state index in [9.17, 15) is 9.00 Å². The topological polar surface area (TPSA) is 37.4 Å². The number of hydrogen-bond donors (Lipinski definition) is 0. The summed E-state index contributed by atoms with van der Waals surface area (Å²) in [5.41, 5.74) is 2.56. The van der Waals surface area contributed by atoms with Gasteiger partial charge in [0.15, 0.2) is 0 Å². The summed E-state index contributed by atoms with van der Waals surface area (Å²) in [7, 11) is -1.04. The van der Waals surface area contributed by atoms with Gasteiger partial charge in [-0.3, -0.25) is 9.00 Å². The van der Waals surface area contributed by atoms with Crippen molar-refractivity contribution >= 4 is 16.7 Å². The molecule has 1 amide bonds. The summed E-state index contributed by atoms with van der Waals surface area (Å²) in [6.45, 7) is 6.52. The Kier molecular flexibility index (Phi) is 7.82. The van der Waals surface area contributed by atoms with E-state index in [0.29, 0.717) is 12.3 Å². The molecule has 0 heterocycles. The van der Waals surface area contributed by atoms with E-state index >= 15 is 0 Å². The summed E-state index contributed by atoms with van der Waals surface area (Å²) in [4.78, 5) is 13.9. The summed E-state index contributed by atoms with van der Waals surface area (Å²) in [5, 5.41) is 0. The van der Waals surface area contributed by atoms with E-state index < -0.39 is 10.8 Å². The second kappa shape index (κ2) is 9.11. The van der Waals surface area contributed by atoms with Crippen molar-refractivity contribution in [2.45, 2.75) is 52.9 Å². The zero-order valence-corrected chi connectivity index (χ0v) is 13.8. The molecule has 0 aromatic heterocycles. The van der Waals surface area contributed by atoms with Crippen molar-refractivity contribution in [1.29, 1.82) is 0 Å². The van der Waals surface area contributed by atoms with Crippen LogP contribution in [-0.2, 0) is 15.6 Å². The van der Waals surface area contributed by atoms with Crippen LogP contribution in [0.5, 0.6) is 0 Å². The molecule has 20 heavy (non-hydrogen) atoms. The van der Waals surface area contributed by atoms with E-state index in [-0.39, 0.29) is 11.7 Å². The van der Waals surface area contributed by atoms with Gasteiger partial charge in [-0.2, -0.15) is 0 Å². The average molecular weight is 297 g/mol. The van der Waals surface area contributed by atoms with Crippen molar-refractivity contribution in [3.05, 3.63) is 23.4 Å². The van der Waals surface area contributed by atoms with Gasteiger partial charge in [-0.05, 0) is 46.0 Å². The predicted octanol–water partition coefficient (Wildman–Crippen LogP) is 3.40. The summed E-state index contributed by atoms with van der Waals surface area (Å²) in [6, 6.07) is 0. The van der Waals surface area contributed by atoms with Crippen LogP contribution < -0.4 is 0 Å². The predicted molar refractivity (Wildman–Crippen MR) is 85.9 cm³/mol. The van der Waals surface area contributed by atoms with Gasteiger partial charge in [-0.25, -0.2) is 0 Å². The van der Waals surface area contributed by atoms with Gasteiger partial charge in [0.1, 0.15) is 5.75 Å². The molecule has 0 radical (unpaired) electrons. The second-order valence-electron chi connectivity index (χ2n) is 5.52. The van der Waals surface area contributed by atoms with Crippen LogP contribution in [0.15, 0.2) is 23.4 Å². The summed E-state index contributed by atoms with van der Waals surface area (Å²) in [6.07, 6.45) is 10.0. The molecule has 1 atom stereocenters. The highest BCUT2D eigenvalue weighted by molar-refractivity contribution is 7.85. The number of amides is 1. The van der Waals surface area contributed by atoms with Gasteiger partial charge >= 0.3 is 0 Å². The molecule has 114 valence electrons. The maximum Gasteiger partial charge on any atom is 0.239 e. The first-order chi connectivity index (χ1) is 9.52. The van der Waals surface area contributed by atoms with E-state index in [1.165, 1.54) is 24.8 Å². The lowest BCUT2D eigenvalue weighted by Crippen LogP contribution is -2.31. The standard InChI is InChI=1S/C16H27NO2S/c1-4-20(19)13-16(18)17(12-14(2)3)11-10-15-8-6-5-7-9-15/h8,12H,4-7,9-11,13H2,1-3H3. The average Bonchev–Trinajstić information content (AvgIpc) is 2.43. The Morgan fingerprint density at radius 3 is 2.70 bits per heavy atom. The maximum absolute atomic E-state index is 12.2. The maximum atomic E-state index is 12.2. The zero-order chi connectivity index (χ0) is 15.0. The molecule has 4 heteroatoms. The lowest BCUT2D eigenvalue weighted by molar-refractivity contribution is -0.125. The van der Waals surface area contributed by atoms with E-state index in [0.717, 1.165) is 18.4 Å². The lowest BCUT2D eigenvalue weighted by Gasteiger charge is -2.21. The van der Waals surface area contributed by atoms with Crippen LogP contribution in [0.1, 0.15) is 52.9 Å². The monoisotopic (exact) mass is 297 g/mol. The molecule has 1 aliphatic rings. The largest absolute Gasteiger partial charge is 0.318 e. The van der Waals surface area contributed by atoms with Crippen molar-refractivity contribution in [3.63, 3.8) is 0 Å². The third-order valence-corrected chi connectivity index (χ3v) is 4.61. The quantitative estimate of drug-likeness (QED) is 0.675. The Labute approximate surface area is 125 Å². The summed E-state index contributed by atoms with van der Waals surface area (Å²) in [5.74, 6) is 0.654. The van der Waals surface area contributed by atoms with Crippen molar-refractivity contribution in [2.75, 3.05) is 18.1 Å². The van der Waals surface area contributed by atoms with Gasteiger partial charge in [-0.1, -0.05) is 24.1 Å². The van der Waals surface area contributed by atoms with E-state index in [1.807, 2.05) is 27.0 Å². The van der Waals surface area contributed by atoms with Crippen molar-refractivity contribution < 1.29 is 9.00 Å². The van der Waals surface area contributed by atoms with Crippen LogP contribution >= 0.6 is 0 Å². The highest BCUT2D eigenvalue weighted by atomic mass is 32.2. The fourth-order valence-corrected chi connectivity index (χ4v) is 2.94. The first-order valence-corrected chi connectivity index (χ1v) is 8.99. The molecular formula is C16H27NO2S. The molecule has 0 aromatic rings. The summed E-state index contributed by atoms with van der Waals surface area (Å²) >= 11 is 0. The molecule has 0 bridgehead atoms. The van der Waals surface area contributed by atoms with Gasteiger partial charge in [0.05, 0.1) is 0 Å². The van der Waals surface area contributed by atoms with E-state index in [1.54, 1.807) is 4.90 Å². The minimum atomic E-state index is -1.04. The molecule has 0 aliphatic heterocycles. The Balaban J connectivity index is 2.59. The molecule has 1 aliphatic carbocycles. The third-order valence-electron chi connectivity index (χ3n) is 3.40. The van der Waals surface area contributed by atoms with Gasteiger partial charge in [0, 0.05) is 29.3 Å². The molecule has 0 N–H and O–H groups in total. The fraction of sp³-hybridized carbons (Fsp3) is 0.688. The highest BCUT2D eigenvalue weighted by Gasteiger charge is 2.15. The zero-order valence-electron chi connectivity index (χ0n) is 13.0. The van der Waals surface area contributed by atoms with Crippen molar-refractivity contribution in [1.82, 2.24) is 4.90 Å². The number of hydrogen-bond acceptors (Lipinski definition) is 2. The van der Waals surface area contributed by atoms with Crippen molar-refractivity contribution in [2.24, 2.45) is 0 Å². The lowest BCUT2D eigenvalue weighted by atomic mass is 9.97. The molecule has 0 spiro atoms. The Morgan fingerprint density at radius 1 is 1.40 bits per heavy atom. The highest BCUT2D eigenvalue weighted by Crippen LogP contribution is 2.20. The minimum absolute atomic E-state index is 0.0252. The first-order valence-electron chi connectivity index (χ1n) is 7.50. The molecule has 3 nitrogen and oxygen atoms in total.